The number of carbonyl (C=O) groups is 4. The lowest BCUT2D eigenvalue weighted by Gasteiger charge is -2.30. The number of ether oxygens (including phenoxy) is 2. The number of benzene rings is 2. The third-order valence-electron chi connectivity index (χ3n) is 10.0. The molecule has 4 N–H and O–H groups in total. The van der Waals surface area contributed by atoms with Crippen molar-refractivity contribution in [3.05, 3.63) is 66.5 Å². The maximum absolute atomic E-state index is 13.5. The van der Waals surface area contributed by atoms with E-state index in [2.05, 4.69) is 35.3 Å². The van der Waals surface area contributed by atoms with Gasteiger partial charge >= 0.3 is 12.2 Å². The van der Waals surface area contributed by atoms with E-state index in [-0.39, 0.29) is 36.4 Å². The highest BCUT2D eigenvalue weighted by Crippen LogP contribution is 2.35. The first kappa shape index (κ1) is 36.2. The van der Waals surface area contributed by atoms with Gasteiger partial charge in [-0.05, 0) is 67.5 Å². The van der Waals surface area contributed by atoms with Gasteiger partial charge in [0.25, 0.3) is 0 Å². The normalized spacial score (nSPS) is 17.6. The molecular weight excluding hydrogens is 694 g/mol. The van der Waals surface area contributed by atoms with E-state index in [1.807, 2.05) is 56.3 Å². The predicted molar refractivity (Wildman–Crippen MR) is 197 cm³/mol. The third kappa shape index (κ3) is 7.36. The number of nitrogens with zero attached hydrogens (tertiary/aromatic N) is 5. The van der Waals surface area contributed by atoms with Crippen molar-refractivity contribution in [1.29, 1.82) is 0 Å². The Labute approximate surface area is 311 Å². The largest absolute Gasteiger partial charge is 0.453 e. The Bertz CT molecular complexity index is 2150. The molecule has 54 heavy (non-hydrogen) atoms. The van der Waals surface area contributed by atoms with Gasteiger partial charge in [0, 0.05) is 24.2 Å². The van der Waals surface area contributed by atoms with Crippen molar-refractivity contribution < 1.29 is 33.1 Å². The number of fused-ring (bicyclic) bond motifs is 1. The number of methoxy groups -OCH3 is 2. The van der Waals surface area contributed by atoms with Crippen molar-refractivity contribution in [3.63, 3.8) is 0 Å². The summed E-state index contributed by atoms with van der Waals surface area (Å²) in [6, 6.07) is 12.4. The van der Waals surface area contributed by atoms with Crippen molar-refractivity contribution in [3.8, 4) is 34.0 Å². The fraction of sp³-hybridized carbons (Fsp3) is 0.395. The van der Waals surface area contributed by atoms with Crippen LogP contribution in [0.3, 0.4) is 0 Å². The third-order valence-corrected chi connectivity index (χ3v) is 10.0. The summed E-state index contributed by atoms with van der Waals surface area (Å²) in [5.41, 5.74) is 5.51. The number of aromatic nitrogens is 5. The molecule has 0 spiro atoms. The minimum Gasteiger partial charge on any atom is -0.453 e. The summed E-state index contributed by atoms with van der Waals surface area (Å²) in [6.07, 6.45) is 5.43. The highest BCUT2D eigenvalue weighted by atomic mass is 16.5. The summed E-state index contributed by atoms with van der Waals surface area (Å²) in [4.78, 5) is 74.0. The summed E-state index contributed by atoms with van der Waals surface area (Å²) in [5.74, 6) is 1.38. The molecule has 5 heterocycles. The van der Waals surface area contributed by atoms with Crippen LogP contribution in [0.1, 0.15) is 63.3 Å². The smallest absolute Gasteiger partial charge is 0.407 e. The van der Waals surface area contributed by atoms with Crippen LogP contribution >= 0.6 is 0 Å². The Morgan fingerprint density at radius 3 is 2.07 bits per heavy atom. The Morgan fingerprint density at radius 1 is 0.833 bits per heavy atom. The average Bonchev–Trinajstić information content (AvgIpc) is 4.03. The number of H-pyrrole nitrogens is 2. The number of hydrogen-bond acceptors (Lipinski definition) is 10. The Morgan fingerprint density at radius 2 is 1.43 bits per heavy atom. The van der Waals surface area contributed by atoms with Gasteiger partial charge in [-0.3, -0.25) is 9.59 Å². The van der Waals surface area contributed by atoms with Gasteiger partial charge in [-0.15, -0.1) is 0 Å². The van der Waals surface area contributed by atoms with Crippen molar-refractivity contribution in [2.24, 2.45) is 5.92 Å². The monoisotopic (exact) mass is 737 g/mol. The second-order valence-electron chi connectivity index (χ2n) is 13.8. The van der Waals surface area contributed by atoms with Crippen LogP contribution in [0.2, 0.25) is 0 Å². The molecular formula is C38H43N9O7. The maximum atomic E-state index is 13.5. The van der Waals surface area contributed by atoms with Crippen molar-refractivity contribution >= 4 is 35.1 Å². The second-order valence-corrected chi connectivity index (χ2v) is 13.8. The number of oxazole rings is 1. The number of carbonyl (C=O) groups excluding carboxylic acids is 4. The molecule has 2 aliphatic heterocycles. The molecule has 0 unspecified atom stereocenters. The van der Waals surface area contributed by atoms with Gasteiger partial charge in [0.15, 0.2) is 5.58 Å². The molecule has 0 aliphatic carbocycles. The van der Waals surface area contributed by atoms with Crippen LogP contribution < -0.4 is 10.6 Å². The van der Waals surface area contributed by atoms with Crippen LogP contribution in [0.5, 0.6) is 0 Å². The summed E-state index contributed by atoms with van der Waals surface area (Å²) >= 11 is 0. The number of hydrogen-bond donors (Lipinski definition) is 4. The molecule has 5 aromatic rings. The van der Waals surface area contributed by atoms with Gasteiger partial charge in [0.1, 0.15) is 29.8 Å². The lowest BCUT2D eigenvalue weighted by Crippen LogP contribution is -2.51. The number of amides is 4. The SMILES string of the molecule is COC(=O)NCC(=O)N1CCC[C@H]1c1ncc(-c2ccc(-c3nc4cc(-c5cnc([C@@H]6CCCN6C(=O)[C@@H](NC(=O)OC)C(C)C)[nH]5)ccc4o3)cc2)[nH]1. The highest BCUT2D eigenvalue weighted by molar-refractivity contribution is 5.87. The van der Waals surface area contributed by atoms with E-state index in [1.165, 1.54) is 14.2 Å². The van der Waals surface area contributed by atoms with Gasteiger partial charge < -0.3 is 44.3 Å². The van der Waals surface area contributed by atoms with Gasteiger partial charge in [-0.1, -0.05) is 26.0 Å². The first-order valence-electron chi connectivity index (χ1n) is 18.0. The van der Waals surface area contributed by atoms with E-state index >= 15 is 0 Å². The van der Waals surface area contributed by atoms with Crippen molar-refractivity contribution in [1.82, 2.24) is 45.4 Å². The molecule has 0 radical (unpaired) electrons. The lowest BCUT2D eigenvalue weighted by molar-refractivity contribution is -0.135. The van der Waals surface area contributed by atoms with Crippen LogP contribution in [0.25, 0.3) is 45.1 Å². The van der Waals surface area contributed by atoms with Gasteiger partial charge in [-0.2, -0.15) is 0 Å². The summed E-state index contributed by atoms with van der Waals surface area (Å²) < 4.78 is 15.4. The van der Waals surface area contributed by atoms with E-state index in [9.17, 15) is 19.2 Å². The Hall–Kier alpha value is -6.19. The molecule has 282 valence electrons. The van der Waals surface area contributed by atoms with Gasteiger partial charge in [0.2, 0.25) is 17.7 Å². The van der Waals surface area contributed by atoms with Crippen LogP contribution in [-0.2, 0) is 19.1 Å². The first-order chi connectivity index (χ1) is 26.1. The zero-order chi connectivity index (χ0) is 37.9. The summed E-state index contributed by atoms with van der Waals surface area (Å²) in [7, 11) is 2.54. The molecule has 16 heteroatoms. The van der Waals surface area contributed by atoms with Crippen molar-refractivity contribution in [2.75, 3.05) is 33.9 Å². The quantitative estimate of drug-likeness (QED) is 0.145. The molecule has 2 saturated heterocycles. The number of imidazole rings is 2. The van der Waals surface area contributed by atoms with E-state index in [1.54, 1.807) is 22.2 Å². The fourth-order valence-corrected chi connectivity index (χ4v) is 7.18. The first-order valence-corrected chi connectivity index (χ1v) is 18.0. The maximum Gasteiger partial charge on any atom is 0.407 e. The zero-order valence-electron chi connectivity index (χ0n) is 30.5. The molecule has 3 aromatic heterocycles. The number of alkyl carbamates (subject to hydrolysis) is 2. The second kappa shape index (κ2) is 15.4. The topological polar surface area (TPSA) is 201 Å². The van der Waals surface area contributed by atoms with Gasteiger partial charge in [0.05, 0.1) is 50.1 Å². The molecule has 7 rings (SSSR count). The molecule has 3 atom stereocenters. The standard InChI is InChI=1S/C38H43N9O7/c1-21(2)32(45-38(51)53-4)36(49)47-16-6-8-29(47)34-40-19-27(43-34)24-13-14-30-25(17-24)44-35(54-30)23-11-9-22(10-12-23)26-18-39-33(42-26)28-7-5-15-46(28)31(48)20-41-37(50)52-3/h9-14,17-19,21,28-29,32H,5-8,15-16,20H2,1-4H3,(H,39,42)(H,40,43)(H,41,50)(H,45,51)/t28-,29-,32-/m0/s1. The van der Waals surface area contributed by atoms with Crippen LogP contribution in [-0.4, -0.2) is 98.6 Å². The predicted octanol–water partition coefficient (Wildman–Crippen LogP) is 5.34. The Kier molecular flexibility index (Phi) is 10.3. The molecule has 0 saturated carbocycles. The van der Waals surface area contributed by atoms with Crippen LogP contribution in [0, 0.1) is 5.92 Å². The van der Waals surface area contributed by atoms with E-state index < -0.39 is 18.2 Å². The lowest BCUT2D eigenvalue weighted by atomic mass is 10.0. The van der Waals surface area contributed by atoms with Gasteiger partial charge in [-0.25, -0.2) is 24.5 Å². The number of likely N-dealkylation sites (tertiary alicyclic amines) is 2. The Balaban J connectivity index is 1.03. The van der Waals surface area contributed by atoms with E-state index in [0.29, 0.717) is 41.7 Å². The van der Waals surface area contributed by atoms with E-state index in [4.69, 9.17) is 14.1 Å². The molecule has 4 amide bonds. The molecule has 2 aromatic carbocycles. The average molecular weight is 738 g/mol. The van der Waals surface area contributed by atoms with Crippen LogP contribution in [0.15, 0.2) is 59.3 Å². The zero-order valence-corrected chi connectivity index (χ0v) is 30.5. The summed E-state index contributed by atoms with van der Waals surface area (Å²) in [6.45, 7) is 4.80. The minimum absolute atomic E-state index is 0.120. The highest BCUT2D eigenvalue weighted by Gasteiger charge is 2.37. The van der Waals surface area contributed by atoms with E-state index in [0.717, 1.165) is 53.8 Å². The van der Waals surface area contributed by atoms with Crippen LogP contribution in [0.4, 0.5) is 9.59 Å². The number of rotatable bonds is 10. The van der Waals surface area contributed by atoms with Crippen molar-refractivity contribution in [2.45, 2.75) is 57.7 Å². The fourth-order valence-electron chi connectivity index (χ4n) is 7.18. The molecule has 16 nitrogen and oxygen atoms in total. The molecule has 2 fully saturated rings. The summed E-state index contributed by atoms with van der Waals surface area (Å²) in [5, 5.41) is 5.14. The number of nitrogens with one attached hydrogen (secondary N) is 4. The molecule has 2 aliphatic rings. The molecule has 0 bridgehead atoms. The minimum atomic E-state index is -0.706. The number of aromatic amines is 2.